The van der Waals surface area contributed by atoms with Crippen LogP contribution >= 0.6 is 0 Å². The number of para-hydroxylation sites is 1. The molecule has 0 aliphatic heterocycles. The van der Waals surface area contributed by atoms with E-state index in [2.05, 4.69) is 20.9 Å². The molecule has 0 aromatic heterocycles. The van der Waals surface area contributed by atoms with Crippen molar-refractivity contribution in [1.29, 1.82) is 0 Å². The number of carbonyl (C=O) groups is 2. The summed E-state index contributed by atoms with van der Waals surface area (Å²) < 4.78 is 5.59. The van der Waals surface area contributed by atoms with Crippen LogP contribution in [0.2, 0.25) is 0 Å². The molecule has 0 spiro atoms. The third-order valence-electron chi connectivity index (χ3n) is 4.84. The molecule has 2 amide bonds. The van der Waals surface area contributed by atoms with E-state index in [1.54, 1.807) is 7.05 Å². The summed E-state index contributed by atoms with van der Waals surface area (Å²) in [6.07, 6.45) is 1.97. The first-order chi connectivity index (χ1) is 15.7. The molecule has 0 aliphatic carbocycles. The minimum Gasteiger partial charge on any atom is -0.494 e. The molecule has 0 radical (unpaired) electrons. The van der Waals surface area contributed by atoms with Crippen molar-refractivity contribution >= 4 is 24.9 Å². The van der Waals surface area contributed by atoms with Crippen LogP contribution in [0.25, 0.3) is 0 Å². The first-order valence-electron chi connectivity index (χ1n) is 11.3. The topological polar surface area (TPSA) is 158 Å². The zero-order valence-electron chi connectivity index (χ0n) is 19.8. The van der Waals surface area contributed by atoms with E-state index in [0.29, 0.717) is 44.8 Å². The second-order valence-electron chi connectivity index (χ2n) is 8.22. The molecule has 1 aromatic rings. The summed E-state index contributed by atoms with van der Waals surface area (Å²) in [6, 6.07) is 8.50. The van der Waals surface area contributed by atoms with E-state index in [9.17, 15) is 19.6 Å². The number of hydrogen-bond donors (Lipinski definition) is 6. The number of aliphatic imine (C=N–C) groups is 1. The molecule has 11 heteroatoms. The van der Waals surface area contributed by atoms with Crippen molar-refractivity contribution in [2.75, 3.05) is 20.2 Å². The molecule has 0 saturated heterocycles. The quantitative estimate of drug-likeness (QED) is 0.0938. The summed E-state index contributed by atoms with van der Waals surface area (Å²) in [7, 11) is -0.125. The van der Waals surface area contributed by atoms with E-state index >= 15 is 0 Å². The van der Waals surface area contributed by atoms with Crippen molar-refractivity contribution in [2.24, 2.45) is 16.6 Å². The molecule has 0 saturated carbocycles. The summed E-state index contributed by atoms with van der Waals surface area (Å²) in [6.45, 7) is 4.69. The predicted octanol–water partition coefficient (Wildman–Crippen LogP) is 0.188. The average molecular weight is 463 g/mol. The number of guanidine groups is 1. The fourth-order valence-electron chi connectivity index (χ4n) is 3.12. The number of carbonyl (C=O) groups excluding carboxylic acids is 2. The van der Waals surface area contributed by atoms with Gasteiger partial charge in [-0.15, -0.1) is 0 Å². The number of nitrogens with two attached hydrogens (primary N) is 1. The van der Waals surface area contributed by atoms with Gasteiger partial charge in [0.25, 0.3) is 0 Å². The van der Waals surface area contributed by atoms with E-state index < -0.39 is 25.0 Å². The normalized spacial score (nSPS) is 13.2. The Kier molecular flexibility index (Phi) is 13.6. The molecule has 1 aromatic carbocycles. The van der Waals surface area contributed by atoms with Crippen molar-refractivity contribution in [3.63, 3.8) is 0 Å². The summed E-state index contributed by atoms with van der Waals surface area (Å²) in [4.78, 5) is 29.1. The standard InChI is InChI=1S/C22H38BN5O5/c1-16(2)15-19(23(31)32)28-21(30)18(11-7-13-26-22(24)25-3)27-20(29)12-8-14-33-17-9-5-4-6-10-17/h4-6,9-10,16,18-19,31-32H,7-8,11-15H2,1-3H3,(H,27,29)(H,28,30)(H3,24,25,26)/t18-,19-/m0/s1. The molecule has 0 fully saturated rings. The number of rotatable bonds is 15. The molecule has 0 aliphatic rings. The maximum absolute atomic E-state index is 12.8. The molecule has 7 N–H and O–H groups in total. The highest BCUT2D eigenvalue weighted by Crippen LogP contribution is 2.10. The number of ether oxygens (including phenoxy) is 1. The van der Waals surface area contributed by atoms with Gasteiger partial charge in [-0.2, -0.15) is 0 Å². The maximum atomic E-state index is 12.8. The van der Waals surface area contributed by atoms with Gasteiger partial charge in [0.2, 0.25) is 11.8 Å². The van der Waals surface area contributed by atoms with Gasteiger partial charge < -0.3 is 36.5 Å². The molecular weight excluding hydrogens is 425 g/mol. The smallest absolute Gasteiger partial charge is 0.475 e. The van der Waals surface area contributed by atoms with Crippen molar-refractivity contribution in [3.8, 4) is 5.75 Å². The predicted molar refractivity (Wildman–Crippen MR) is 129 cm³/mol. The van der Waals surface area contributed by atoms with Crippen molar-refractivity contribution in [3.05, 3.63) is 30.3 Å². The lowest BCUT2D eigenvalue weighted by atomic mass is 9.75. The zero-order valence-corrected chi connectivity index (χ0v) is 19.8. The lowest BCUT2D eigenvalue weighted by Gasteiger charge is -2.24. The van der Waals surface area contributed by atoms with Crippen LogP contribution in [0.1, 0.15) is 46.0 Å². The number of nitrogens with zero attached hydrogens (tertiary/aromatic N) is 1. The fourth-order valence-corrected chi connectivity index (χ4v) is 3.12. The van der Waals surface area contributed by atoms with Gasteiger partial charge in [-0.05, 0) is 43.7 Å². The minimum absolute atomic E-state index is 0.148. The Bertz CT molecular complexity index is 733. The fraction of sp³-hybridized carbons (Fsp3) is 0.591. The molecule has 0 bridgehead atoms. The van der Waals surface area contributed by atoms with Crippen LogP contribution in [0, 0.1) is 5.92 Å². The Balaban J connectivity index is 2.61. The van der Waals surface area contributed by atoms with Gasteiger partial charge in [-0.25, -0.2) is 0 Å². The lowest BCUT2D eigenvalue weighted by Crippen LogP contribution is -2.54. The number of nitrogens with one attached hydrogen (secondary N) is 3. The number of hydrogen-bond acceptors (Lipinski definition) is 6. The molecule has 0 heterocycles. The third kappa shape index (κ3) is 12.7. The van der Waals surface area contributed by atoms with Crippen LogP contribution in [-0.4, -0.2) is 67.1 Å². The summed E-state index contributed by atoms with van der Waals surface area (Å²) in [5, 5.41) is 27.6. The van der Waals surface area contributed by atoms with E-state index in [-0.39, 0.29) is 18.2 Å². The highest BCUT2D eigenvalue weighted by atomic mass is 16.5. The minimum atomic E-state index is -1.69. The van der Waals surface area contributed by atoms with Crippen molar-refractivity contribution in [2.45, 2.75) is 57.9 Å². The van der Waals surface area contributed by atoms with Crippen molar-refractivity contribution < 1.29 is 24.4 Å². The Morgan fingerprint density at radius 1 is 1.15 bits per heavy atom. The van der Waals surface area contributed by atoms with Crippen LogP contribution in [-0.2, 0) is 9.59 Å². The second-order valence-corrected chi connectivity index (χ2v) is 8.22. The van der Waals surface area contributed by atoms with Gasteiger partial charge in [0.1, 0.15) is 11.8 Å². The Morgan fingerprint density at radius 2 is 1.85 bits per heavy atom. The zero-order chi connectivity index (χ0) is 24.6. The third-order valence-corrected chi connectivity index (χ3v) is 4.84. The van der Waals surface area contributed by atoms with E-state index in [1.165, 1.54) is 0 Å². The van der Waals surface area contributed by atoms with Crippen LogP contribution in [0.5, 0.6) is 5.75 Å². The van der Waals surface area contributed by atoms with Gasteiger partial charge >= 0.3 is 7.12 Å². The Labute approximate surface area is 196 Å². The van der Waals surface area contributed by atoms with Crippen LogP contribution in [0.15, 0.2) is 35.3 Å². The first-order valence-corrected chi connectivity index (χ1v) is 11.3. The molecule has 33 heavy (non-hydrogen) atoms. The summed E-state index contributed by atoms with van der Waals surface area (Å²) >= 11 is 0. The highest BCUT2D eigenvalue weighted by molar-refractivity contribution is 6.43. The maximum Gasteiger partial charge on any atom is 0.475 e. The Morgan fingerprint density at radius 3 is 2.45 bits per heavy atom. The van der Waals surface area contributed by atoms with E-state index in [0.717, 1.165) is 5.75 Å². The van der Waals surface area contributed by atoms with Gasteiger partial charge in [0.05, 0.1) is 12.5 Å². The highest BCUT2D eigenvalue weighted by Gasteiger charge is 2.29. The largest absolute Gasteiger partial charge is 0.494 e. The van der Waals surface area contributed by atoms with Crippen LogP contribution in [0.4, 0.5) is 0 Å². The van der Waals surface area contributed by atoms with Crippen LogP contribution < -0.4 is 26.4 Å². The van der Waals surface area contributed by atoms with Gasteiger partial charge in [-0.3, -0.25) is 14.6 Å². The number of amides is 2. The second kappa shape index (κ2) is 15.9. The van der Waals surface area contributed by atoms with Gasteiger partial charge in [0, 0.05) is 20.0 Å². The summed E-state index contributed by atoms with van der Waals surface area (Å²) in [5.41, 5.74) is 5.61. The first kappa shape index (κ1) is 28.2. The van der Waals surface area contributed by atoms with Crippen molar-refractivity contribution in [1.82, 2.24) is 16.0 Å². The molecule has 10 nitrogen and oxygen atoms in total. The molecule has 184 valence electrons. The SMILES string of the molecule is CN=C(N)NCCC[C@H](NC(=O)CCCOc1ccccc1)C(=O)N[C@@H](CC(C)C)B(O)O. The monoisotopic (exact) mass is 463 g/mol. The molecule has 0 unspecified atom stereocenters. The Hall–Kier alpha value is -2.79. The van der Waals surface area contributed by atoms with Gasteiger partial charge in [-0.1, -0.05) is 32.0 Å². The lowest BCUT2D eigenvalue weighted by molar-refractivity contribution is -0.129. The molecular formula is C22H38BN5O5. The average Bonchev–Trinajstić information content (AvgIpc) is 2.78. The molecule has 1 rings (SSSR count). The van der Waals surface area contributed by atoms with E-state index in [4.69, 9.17) is 10.5 Å². The van der Waals surface area contributed by atoms with E-state index in [1.807, 2.05) is 44.2 Å². The number of benzene rings is 1. The summed E-state index contributed by atoms with van der Waals surface area (Å²) in [5.74, 6) is -0.387. The van der Waals surface area contributed by atoms with Crippen LogP contribution in [0.3, 0.4) is 0 Å². The van der Waals surface area contributed by atoms with Gasteiger partial charge in [0.15, 0.2) is 5.96 Å². The molecule has 2 atom stereocenters.